The zero-order valence-electron chi connectivity index (χ0n) is 12.8. The van der Waals surface area contributed by atoms with E-state index in [9.17, 15) is 19.7 Å². The van der Waals surface area contributed by atoms with Crippen molar-refractivity contribution in [2.75, 3.05) is 25.5 Å². The molecule has 0 bridgehead atoms. The number of rotatable bonds is 7. The number of nitro groups is 1. The topological polar surface area (TPSA) is 124 Å². The summed E-state index contributed by atoms with van der Waals surface area (Å²) in [6.45, 7) is 0.648. The van der Waals surface area contributed by atoms with Crippen LogP contribution >= 0.6 is 0 Å². The molecule has 0 unspecified atom stereocenters. The maximum absolute atomic E-state index is 11.7. The predicted molar refractivity (Wildman–Crippen MR) is 84.0 cm³/mol. The fraction of sp³-hybridized carbons (Fsp3) is 0.200. The minimum absolute atomic E-state index is 0.146. The summed E-state index contributed by atoms with van der Waals surface area (Å²) in [6.07, 6.45) is 1.40. The Balaban J connectivity index is 1.94. The number of furan rings is 1. The standard InChI is InChI=1S/C15H15N3O6/c1-23-15(20)11-9-10(4-5-12(11)18(21)22)16-6-7-17-14(19)13-3-2-8-24-13/h2-5,8-9,16H,6-7H2,1H3,(H,17,19). The Morgan fingerprint density at radius 3 is 2.71 bits per heavy atom. The lowest BCUT2D eigenvalue weighted by molar-refractivity contribution is -0.385. The van der Waals surface area contributed by atoms with E-state index in [1.165, 1.54) is 24.5 Å². The first-order valence-electron chi connectivity index (χ1n) is 6.95. The van der Waals surface area contributed by atoms with Crippen molar-refractivity contribution in [1.29, 1.82) is 0 Å². The highest BCUT2D eigenvalue weighted by atomic mass is 16.6. The molecule has 1 heterocycles. The van der Waals surface area contributed by atoms with Gasteiger partial charge in [-0.15, -0.1) is 0 Å². The maximum atomic E-state index is 11.7. The number of benzene rings is 1. The van der Waals surface area contributed by atoms with Gasteiger partial charge in [0.2, 0.25) is 0 Å². The van der Waals surface area contributed by atoms with E-state index in [-0.39, 0.29) is 22.9 Å². The van der Waals surface area contributed by atoms with Gasteiger partial charge in [0.25, 0.3) is 11.6 Å². The third-order valence-corrected chi connectivity index (χ3v) is 3.08. The Kier molecular flexibility index (Phi) is 5.50. The molecular formula is C15H15N3O6. The van der Waals surface area contributed by atoms with Crippen molar-refractivity contribution in [3.05, 3.63) is 58.0 Å². The average molecular weight is 333 g/mol. The van der Waals surface area contributed by atoms with Gasteiger partial charge < -0.3 is 19.8 Å². The van der Waals surface area contributed by atoms with Gasteiger partial charge in [-0.1, -0.05) is 0 Å². The van der Waals surface area contributed by atoms with E-state index in [0.717, 1.165) is 7.11 Å². The number of nitro benzene ring substituents is 1. The first-order valence-corrected chi connectivity index (χ1v) is 6.95. The number of esters is 1. The molecule has 126 valence electrons. The Morgan fingerprint density at radius 2 is 2.08 bits per heavy atom. The summed E-state index contributed by atoms with van der Waals surface area (Å²) in [4.78, 5) is 33.5. The summed E-state index contributed by atoms with van der Waals surface area (Å²) in [5.74, 6) is -0.935. The van der Waals surface area contributed by atoms with Gasteiger partial charge in [-0.05, 0) is 24.3 Å². The number of carbonyl (C=O) groups excluding carboxylic acids is 2. The number of amides is 1. The lowest BCUT2D eigenvalue weighted by Gasteiger charge is -2.09. The number of nitrogens with zero attached hydrogens (tertiary/aromatic N) is 1. The van der Waals surface area contributed by atoms with Crippen LogP contribution in [0.3, 0.4) is 0 Å². The molecule has 0 fully saturated rings. The first-order chi connectivity index (χ1) is 11.5. The average Bonchev–Trinajstić information content (AvgIpc) is 3.12. The lowest BCUT2D eigenvalue weighted by atomic mass is 10.1. The molecular weight excluding hydrogens is 318 g/mol. The zero-order chi connectivity index (χ0) is 17.5. The molecule has 0 spiro atoms. The molecule has 0 radical (unpaired) electrons. The summed E-state index contributed by atoms with van der Waals surface area (Å²) < 4.78 is 9.49. The molecule has 0 saturated heterocycles. The fourth-order valence-corrected chi connectivity index (χ4v) is 1.96. The number of carbonyl (C=O) groups is 2. The van der Waals surface area contributed by atoms with Gasteiger partial charge in [-0.2, -0.15) is 0 Å². The van der Waals surface area contributed by atoms with Crippen LogP contribution in [0.2, 0.25) is 0 Å². The van der Waals surface area contributed by atoms with Crippen LogP contribution in [0.5, 0.6) is 0 Å². The van der Waals surface area contributed by atoms with Crippen molar-refractivity contribution in [3.63, 3.8) is 0 Å². The molecule has 0 aliphatic rings. The monoisotopic (exact) mass is 333 g/mol. The minimum Gasteiger partial charge on any atom is -0.465 e. The van der Waals surface area contributed by atoms with Crippen molar-refractivity contribution < 1.29 is 23.7 Å². The number of hydrogen-bond acceptors (Lipinski definition) is 7. The van der Waals surface area contributed by atoms with Crippen LogP contribution in [0.15, 0.2) is 41.0 Å². The van der Waals surface area contributed by atoms with Crippen LogP contribution in [0.25, 0.3) is 0 Å². The van der Waals surface area contributed by atoms with E-state index in [1.807, 2.05) is 0 Å². The van der Waals surface area contributed by atoms with Crippen LogP contribution < -0.4 is 10.6 Å². The van der Waals surface area contributed by atoms with E-state index in [0.29, 0.717) is 18.8 Å². The van der Waals surface area contributed by atoms with Gasteiger partial charge in [0, 0.05) is 24.8 Å². The van der Waals surface area contributed by atoms with Gasteiger partial charge >= 0.3 is 5.97 Å². The van der Waals surface area contributed by atoms with Crippen molar-refractivity contribution >= 4 is 23.3 Å². The molecule has 9 nitrogen and oxygen atoms in total. The normalized spacial score (nSPS) is 10.0. The second kappa shape index (κ2) is 7.77. The summed E-state index contributed by atoms with van der Waals surface area (Å²) in [7, 11) is 1.15. The molecule has 2 aromatic rings. The van der Waals surface area contributed by atoms with Crippen molar-refractivity contribution in [2.45, 2.75) is 0 Å². The summed E-state index contributed by atoms with van der Waals surface area (Å²) in [5.41, 5.74) is 0.0129. The molecule has 0 saturated carbocycles. The number of methoxy groups -OCH3 is 1. The molecule has 0 aliphatic carbocycles. The molecule has 0 atom stereocenters. The van der Waals surface area contributed by atoms with Gasteiger partial charge in [0.1, 0.15) is 5.56 Å². The third kappa shape index (κ3) is 4.09. The van der Waals surface area contributed by atoms with Crippen LogP contribution in [0.1, 0.15) is 20.9 Å². The quantitative estimate of drug-likeness (QED) is 0.343. The highest BCUT2D eigenvalue weighted by Crippen LogP contribution is 2.23. The smallest absolute Gasteiger partial charge is 0.344 e. The van der Waals surface area contributed by atoms with Crippen molar-refractivity contribution in [1.82, 2.24) is 5.32 Å². The van der Waals surface area contributed by atoms with E-state index in [2.05, 4.69) is 15.4 Å². The first kappa shape index (κ1) is 17.0. The molecule has 1 aromatic heterocycles. The van der Waals surface area contributed by atoms with Crippen LogP contribution in [0.4, 0.5) is 11.4 Å². The van der Waals surface area contributed by atoms with E-state index >= 15 is 0 Å². The molecule has 1 aromatic carbocycles. The second-order valence-electron chi connectivity index (χ2n) is 4.64. The number of ether oxygens (including phenoxy) is 1. The molecule has 24 heavy (non-hydrogen) atoms. The minimum atomic E-state index is -0.795. The molecule has 2 N–H and O–H groups in total. The molecule has 2 rings (SSSR count). The van der Waals surface area contributed by atoms with Gasteiger partial charge in [0.05, 0.1) is 18.3 Å². The zero-order valence-corrected chi connectivity index (χ0v) is 12.8. The molecule has 1 amide bonds. The summed E-state index contributed by atoms with van der Waals surface area (Å²) >= 11 is 0. The third-order valence-electron chi connectivity index (χ3n) is 3.08. The Hall–Kier alpha value is -3.36. The van der Waals surface area contributed by atoms with Gasteiger partial charge in [-0.25, -0.2) is 4.79 Å². The van der Waals surface area contributed by atoms with Crippen LogP contribution in [-0.4, -0.2) is 37.0 Å². The highest BCUT2D eigenvalue weighted by molar-refractivity contribution is 5.95. The number of anilines is 1. The molecule has 9 heteroatoms. The van der Waals surface area contributed by atoms with Crippen molar-refractivity contribution in [2.24, 2.45) is 0 Å². The van der Waals surface area contributed by atoms with E-state index < -0.39 is 10.9 Å². The van der Waals surface area contributed by atoms with E-state index in [4.69, 9.17) is 4.42 Å². The lowest BCUT2D eigenvalue weighted by Crippen LogP contribution is -2.28. The Labute approximate surface area is 136 Å². The fourth-order valence-electron chi connectivity index (χ4n) is 1.96. The van der Waals surface area contributed by atoms with Crippen molar-refractivity contribution in [3.8, 4) is 0 Å². The predicted octanol–water partition coefficient (Wildman–Crippen LogP) is 1.82. The van der Waals surface area contributed by atoms with Gasteiger partial charge in [0.15, 0.2) is 5.76 Å². The summed E-state index contributed by atoms with van der Waals surface area (Å²) in [6, 6.07) is 7.17. The maximum Gasteiger partial charge on any atom is 0.344 e. The Bertz CT molecular complexity index is 742. The highest BCUT2D eigenvalue weighted by Gasteiger charge is 2.21. The Morgan fingerprint density at radius 1 is 1.29 bits per heavy atom. The summed E-state index contributed by atoms with van der Waals surface area (Å²) in [5, 5.41) is 16.5. The second-order valence-corrected chi connectivity index (χ2v) is 4.64. The molecule has 0 aliphatic heterocycles. The van der Waals surface area contributed by atoms with Gasteiger partial charge in [-0.3, -0.25) is 14.9 Å². The van der Waals surface area contributed by atoms with Crippen LogP contribution in [-0.2, 0) is 4.74 Å². The number of hydrogen-bond donors (Lipinski definition) is 2. The SMILES string of the molecule is COC(=O)c1cc(NCCNC(=O)c2ccco2)ccc1[N+](=O)[O-]. The van der Waals surface area contributed by atoms with Crippen LogP contribution in [0, 0.1) is 10.1 Å². The number of nitrogens with one attached hydrogen (secondary N) is 2. The van der Waals surface area contributed by atoms with E-state index in [1.54, 1.807) is 12.1 Å². The largest absolute Gasteiger partial charge is 0.465 e.